The lowest BCUT2D eigenvalue weighted by molar-refractivity contribution is -0.159. The molecule has 2 aliphatic rings. The third-order valence-electron chi connectivity index (χ3n) is 8.38. The Balaban J connectivity index is 1.37. The number of phosphoric acid groups is 2. The van der Waals surface area contributed by atoms with Gasteiger partial charge in [-0.15, -0.1) is 6.58 Å². The van der Waals surface area contributed by atoms with Gasteiger partial charge in [-0.2, -0.15) is 4.98 Å². The van der Waals surface area contributed by atoms with Crippen LogP contribution in [-0.4, -0.2) is 121 Å². The number of anilines is 2. The molecule has 326 valence electrons. The summed E-state index contributed by atoms with van der Waals surface area (Å²) >= 11 is 0. The summed E-state index contributed by atoms with van der Waals surface area (Å²) in [6, 6.07) is 0.0736. The van der Waals surface area contributed by atoms with Gasteiger partial charge in [0.25, 0.3) is 0 Å². The highest BCUT2D eigenvalue weighted by molar-refractivity contribution is 8.77. The minimum Gasteiger partial charge on any atom is -0.455 e. The molecule has 0 saturated carbocycles. The molecular weight excluding hydrogens is 864 g/mol. The van der Waals surface area contributed by atoms with Crippen LogP contribution in [0.3, 0.4) is 0 Å². The molecule has 5 rings (SSSR count). The molecule has 0 radical (unpaired) electrons. The third-order valence-corrected chi connectivity index (χ3v) is 13.2. The van der Waals surface area contributed by atoms with E-state index in [9.17, 15) is 43.3 Å². The van der Waals surface area contributed by atoms with Gasteiger partial charge < -0.3 is 50.8 Å². The van der Waals surface area contributed by atoms with Gasteiger partial charge in [-0.1, -0.05) is 48.4 Å². The number of phosphoric ester groups is 2. The first-order valence-corrected chi connectivity index (χ1v) is 23.0. The first kappa shape index (κ1) is 46.6. The monoisotopic (exact) mass is 909 g/mol. The standard InChI is InChI=1S/C31H45N9O15P2S2/c1-5-6-7-21(41)37-16(13-58-59-31(2,3)4)29(43)54-25-19(53-28(24(25)42)40-15-36-23-26(33)34-14-35-27(23)40)12-51-57(48,49)55-17-10-22(39-9-8-20(32)38-30(39)44)52-18(17)11-50-56(45,46)47/h5,8-9,14-19,22,24-25,28,42H,1,6-7,10-13H2,2-4H3,(H,37,41)(H,48,49)(H2,32,38,44)(H2,33,34,35)(H2,45,46,47)/t16-,17-,18+,19+,22+,24+,25+,28+/m0/s1. The maximum Gasteiger partial charge on any atom is 0.472 e. The van der Waals surface area contributed by atoms with Gasteiger partial charge in [0.1, 0.15) is 54.3 Å². The normalized spacial score (nSPS) is 25.1. The third kappa shape index (κ3) is 12.8. The maximum atomic E-state index is 13.8. The number of carbonyl (C=O) groups excluding carboxylic acids is 2. The van der Waals surface area contributed by atoms with Crippen LogP contribution >= 0.6 is 37.2 Å². The number of aliphatic hydroxyl groups is 1. The predicted molar refractivity (Wildman–Crippen MR) is 211 cm³/mol. The summed E-state index contributed by atoms with van der Waals surface area (Å²) in [5.41, 5.74) is 10.9. The van der Waals surface area contributed by atoms with E-state index in [4.69, 9.17) is 34.7 Å². The van der Waals surface area contributed by atoms with E-state index in [0.717, 1.165) is 10.9 Å². The number of aliphatic hydroxyl groups excluding tert-OH is 1. The van der Waals surface area contributed by atoms with Gasteiger partial charge in [0.05, 0.1) is 19.5 Å². The number of ether oxygens (including phenoxy) is 3. The molecule has 3 aromatic heterocycles. The number of amides is 1. The summed E-state index contributed by atoms with van der Waals surface area (Å²) in [5.74, 6) is -1.44. The number of fused-ring (bicyclic) bond motifs is 1. The van der Waals surface area contributed by atoms with Crippen molar-refractivity contribution in [3.05, 3.63) is 48.1 Å². The van der Waals surface area contributed by atoms with Crippen LogP contribution in [0.1, 0.15) is 52.5 Å². The molecular formula is C31H45N9O15P2S2. The smallest absolute Gasteiger partial charge is 0.455 e. The molecule has 2 saturated heterocycles. The quantitative estimate of drug-likeness (QED) is 0.0381. The van der Waals surface area contributed by atoms with Gasteiger partial charge >= 0.3 is 27.3 Å². The van der Waals surface area contributed by atoms with Crippen LogP contribution in [0.2, 0.25) is 0 Å². The van der Waals surface area contributed by atoms with Gasteiger partial charge in [-0.3, -0.25) is 27.5 Å². The fourth-order valence-electron chi connectivity index (χ4n) is 5.77. The van der Waals surface area contributed by atoms with Crippen molar-refractivity contribution in [2.24, 2.45) is 0 Å². The van der Waals surface area contributed by atoms with Crippen molar-refractivity contribution in [2.45, 2.75) is 93.8 Å². The second-order valence-electron chi connectivity index (χ2n) is 14.1. The Hall–Kier alpha value is -3.49. The number of hydrogen-bond donors (Lipinski definition) is 7. The molecule has 3 aromatic rings. The van der Waals surface area contributed by atoms with Crippen molar-refractivity contribution < 1.29 is 66.3 Å². The van der Waals surface area contributed by atoms with Gasteiger partial charge in [-0.05, 0) is 12.5 Å². The van der Waals surface area contributed by atoms with E-state index in [1.54, 1.807) is 6.08 Å². The summed E-state index contributed by atoms with van der Waals surface area (Å²) in [7, 11) is -7.50. The van der Waals surface area contributed by atoms with Crippen molar-refractivity contribution in [1.29, 1.82) is 0 Å². The lowest BCUT2D eigenvalue weighted by Crippen LogP contribution is -2.47. The van der Waals surface area contributed by atoms with Crippen molar-refractivity contribution >= 4 is 71.9 Å². The zero-order chi connectivity index (χ0) is 43.3. The van der Waals surface area contributed by atoms with Crippen molar-refractivity contribution in [3.63, 3.8) is 0 Å². The van der Waals surface area contributed by atoms with Crippen molar-refractivity contribution in [1.82, 2.24) is 34.4 Å². The van der Waals surface area contributed by atoms with Crippen LogP contribution in [0.4, 0.5) is 11.6 Å². The molecule has 9 atom stereocenters. The zero-order valence-electron chi connectivity index (χ0n) is 31.8. The first-order valence-electron chi connectivity index (χ1n) is 17.7. The van der Waals surface area contributed by atoms with Crippen LogP contribution < -0.4 is 22.5 Å². The number of nitrogens with zero attached hydrogens (tertiary/aromatic N) is 6. The Morgan fingerprint density at radius 1 is 1.12 bits per heavy atom. The number of nitrogens with one attached hydrogen (secondary N) is 1. The predicted octanol–water partition coefficient (Wildman–Crippen LogP) is 0.948. The van der Waals surface area contributed by atoms with Crippen LogP contribution in [-0.2, 0) is 46.5 Å². The van der Waals surface area contributed by atoms with Gasteiger partial charge in [-0.25, -0.2) is 33.7 Å². The van der Waals surface area contributed by atoms with E-state index in [-0.39, 0.29) is 46.1 Å². The molecule has 1 unspecified atom stereocenters. The Labute approximate surface area is 344 Å². The average Bonchev–Trinajstić information content (AvgIpc) is 3.83. The van der Waals surface area contributed by atoms with Gasteiger partial charge in [0, 0.05) is 29.5 Å². The number of aromatic nitrogens is 6. The lowest BCUT2D eigenvalue weighted by atomic mass is 10.1. The van der Waals surface area contributed by atoms with E-state index in [2.05, 4.69) is 36.4 Å². The zero-order valence-corrected chi connectivity index (χ0v) is 35.2. The van der Waals surface area contributed by atoms with Crippen molar-refractivity contribution in [3.8, 4) is 0 Å². The molecule has 1 amide bonds. The topological polar surface area (TPSA) is 347 Å². The molecule has 59 heavy (non-hydrogen) atoms. The lowest BCUT2D eigenvalue weighted by Gasteiger charge is -2.26. The summed E-state index contributed by atoms with van der Waals surface area (Å²) in [6.45, 7) is 7.79. The van der Waals surface area contributed by atoms with Crippen molar-refractivity contribution in [2.75, 3.05) is 30.4 Å². The largest absolute Gasteiger partial charge is 0.472 e. The summed E-state index contributed by atoms with van der Waals surface area (Å²) < 4.78 is 59.9. The van der Waals surface area contributed by atoms with Crippen LogP contribution in [0, 0.1) is 0 Å². The van der Waals surface area contributed by atoms with Gasteiger partial charge in [0.2, 0.25) is 5.91 Å². The molecule has 5 heterocycles. The molecule has 0 aromatic carbocycles. The SMILES string of the molecule is C=CCCC(=O)N[C@@H](CSSC(C)(C)C)C(=O)O[C@H]1[C@@H](O)[C@H](n2cnc3c(N)ncnc32)O[C@@H]1COP(=O)(O)O[C@H]1C[C@H](n2ccc(N)nc2=O)O[C@@H]1COP(=O)(O)O. The Morgan fingerprint density at radius 2 is 1.85 bits per heavy atom. The number of carbonyl (C=O) groups is 2. The number of rotatable bonds is 19. The molecule has 0 aliphatic carbocycles. The van der Waals surface area contributed by atoms with E-state index in [1.165, 1.54) is 44.7 Å². The number of hydrogen-bond acceptors (Lipinski definition) is 20. The number of esters is 1. The molecule has 0 bridgehead atoms. The number of imidazole rings is 1. The van der Waals surface area contributed by atoms with Crippen LogP contribution in [0.25, 0.3) is 11.2 Å². The molecule has 2 aliphatic heterocycles. The second-order valence-corrected chi connectivity index (χ2v) is 19.9. The average molecular weight is 910 g/mol. The molecule has 0 spiro atoms. The molecule has 24 nitrogen and oxygen atoms in total. The Morgan fingerprint density at radius 3 is 2.53 bits per heavy atom. The first-order chi connectivity index (χ1) is 27.6. The van der Waals surface area contributed by atoms with E-state index in [1.807, 2.05) is 20.8 Å². The number of nitrogens with two attached hydrogens (primary N) is 2. The maximum absolute atomic E-state index is 13.8. The van der Waals surface area contributed by atoms with E-state index < -0.39 is 95.4 Å². The Bertz CT molecular complexity index is 2140. The highest BCUT2D eigenvalue weighted by Gasteiger charge is 2.50. The Kier molecular flexibility index (Phi) is 15.4. The minimum absolute atomic E-state index is 0.0169. The minimum atomic E-state index is -5.20. The number of nitrogen functional groups attached to an aromatic ring is 2. The fourth-order valence-corrected chi connectivity index (χ4v) is 9.52. The second kappa shape index (κ2) is 19.5. The summed E-state index contributed by atoms with van der Waals surface area (Å²) in [5, 5.41) is 14.3. The molecule has 2 fully saturated rings. The van der Waals surface area contributed by atoms with Crippen LogP contribution in [0.5, 0.6) is 0 Å². The summed E-state index contributed by atoms with van der Waals surface area (Å²) in [4.78, 5) is 84.4. The number of allylic oxidation sites excluding steroid dienone is 1. The molecule has 9 N–H and O–H groups in total. The van der Waals surface area contributed by atoms with Gasteiger partial charge in [0.15, 0.2) is 23.8 Å². The van der Waals surface area contributed by atoms with Crippen LogP contribution in [0.15, 0.2) is 42.4 Å². The van der Waals surface area contributed by atoms with E-state index >= 15 is 0 Å². The highest BCUT2D eigenvalue weighted by atomic mass is 33.1. The fraction of sp³-hybridized carbons (Fsp3) is 0.581. The molecule has 28 heteroatoms. The van der Waals surface area contributed by atoms with E-state index in [0.29, 0.717) is 6.42 Å². The highest BCUT2D eigenvalue weighted by Crippen LogP contribution is 2.50. The summed E-state index contributed by atoms with van der Waals surface area (Å²) in [6.07, 6.45) is -5.09.